The number of ether oxygens (including phenoxy) is 3. The molecule has 0 bridgehead atoms. The molecule has 0 saturated heterocycles. The number of likely N-dealkylation sites (N-methyl/N-ethyl adjacent to an activating group) is 1. The summed E-state index contributed by atoms with van der Waals surface area (Å²) in [6.45, 7) is 5.39. The second kappa shape index (κ2) is 12.8. The van der Waals surface area contributed by atoms with Crippen molar-refractivity contribution < 1.29 is 24.1 Å². The molecular weight excluding hydrogens is 386 g/mol. The van der Waals surface area contributed by atoms with Crippen molar-refractivity contribution in [3.05, 3.63) is 54.4 Å². The highest BCUT2D eigenvalue weighted by atomic mass is 16.5. The number of aliphatic hydroxyl groups excluding tert-OH is 1. The molecule has 0 aliphatic rings. The van der Waals surface area contributed by atoms with Crippen molar-refractivity contribution in [2.45, 2.75) is 32.7 Å². The van der Waals surface area contributed by atoms with E-state index in [1.807, 2.05) is 38.1 Å². The van der Waals surface area contributed by atoms with E-state index in [-0.39, 0.29) is 25.3 Å². The van der Waals surface area contributed by atoms with Crippen molar-refractivity contribution in [1.82, 2.24) is 9.88 Å². The minimum Gasteiger partial charge on any atom is -0.487 e. The monoisotopic (exact) mass is 417 g/mol. The average Bonchev–Trinajstić information content (AvgIpc) is 2.72. The van der Waals surface area contributed by atoms with Crippen LogP contribution in [0, 0.1) is 0 Å². The fraction of sp³-hybridized carbons (Fsp3) is 0.455. The van der Waals surface area contributed by atoms with Crippen molar-refractivity contribution >= 4 is 11.7 Å². The van der Waals surface area contributed by atoms with Crippen LogP contribution in [-0.4, -0.2) is 66.6 Å². The zero-order valence-electron chi connectivity index (χ0n) is 17.8. The van der Waals surface area contributed by atoms with Gasteiger partial charge in [0.25, 0.3) is 0 Å². The summed E-state index contributed by atoms with van der Waals surface area (Å²) < 4.78 is 16.5. The highest BCUT2D eigenvalue weighted by Gasteiger charge is 2.14. The number of aliphatic hydroxyl groups is 1. The Morgan fingerprint density at radius 3 is 2.77 bits per heavy atom. The van der Waals surface area contributed by atoms with Crippen LogP contribution in [0.3, 0.4) is 0 Å². The highest BCUT2D eigenvalue weighted by molar-refractivity contribution is 5.89. The SMILES string of the molecule is CC(C)OCCOCC(O)CN(C)C(=O)Nc1cccc(OCc2ccccn2)c1. The molecule has 1 aromatic carbocycles. The number of carbonyl (C=O) groups excluding carboxylic acids is 1. The maximum absolute atomic E-state index is 12.4. The molecule has 1 aromatic heterocycles. The Bertz CT molecular complexity index is 757. The standard InChI is InChI=1S/C22H31N3O5/c1-17(2)29-12-11-28-16-20(26)14-25(3)22(27)24-18-8-6-9-21(13-18)30-15-19-7-4-5-10-23-19/h4-10,13,17,20,26H,11-12,14-16H2,1-3H3,(H,24,27). The lowest BCUT2D eigenvalue weighted by atomic mass is 10.3. The summed E-state index contributed by atoms with van der Waals surface area (Å²) >= 11 is 0. The lowest BCUT2D eigenvalue weighted by Gasteiger charge is -2.21. The first-order chi connectivity index (χ1) is 14.4. The van der Waals surface area contributed by atoms with Gasteiger partial charge in [0.05, 0.1) is 44.3 Å². The lowest BCUT2D eigenvalue weighted by Crippen LogP contribution is -2.39. The fourth-order valence-electron chi connectivity index (χ4n) is 2.54. The van der Waals surface area contributed by atoms with E-state index in [0.29, 0.717) is 31.3 Å². The highest BCUT2D eigenvalue weighted by Crippen LogP contribution is 2.18. The minimum absolute atomic E-state index is 0.135. The maximum atomic E-state index is 12.4. The summed E-state index contributed by atoms with van der Waals surface area (Å²) in [5.74, 6) is 0.623. The molecule has 1 unspecified atom stereocenters. The third-order valence-corrected chi connectivity index (χ3v) is 4.02. The number of hydrogen-bond donors (Lipinski definition) is 2. The van der Waals surface area contributed by atoms with E-state index in [1.165, 1.54) is 4.90 Å². The number of anilines is 1. The fourth-order valence-corrected chi connectivity index (χ4v) is 2.54. The van der Waals surface area contributed by atoms with Crippen molar-refractivity contribution in [3.63, 3.8) is 0 Å². The molecule has 0 aliphatic heterocycles. The third-order valence-electron chi connectivity index (χ3n) is 4.02. The molecule has 8 heteroatoms. The van der Waals surface area contributed by atoms with Crippen molar-refractivity contribution in [2.75, 3.05) is 38.7 Å². The van der Waals surface area contributed by atoms with E-state index < -0.39 is 6.10 Å². The lowest BCUT2D eigenvalue weighted by molar-refractivity contribution is -0.0144. The Morgan fingerprint density at radius 2 is 2.03 bits per heavy atom. The topological polar surface area (TPSA) is 93.2 Å². The molecule has 8 nitrogen and oxygen atoms in total. The summed E-state index contributed by atoms with van der Waals surface area (Å²) in [5.41, 5.74) is 1.42. The number of nitrogens with one attached hydrogen (secondary N) is 1. The van der Waals surface area contributed by atoms with Gasteiger partial charge in [-0.15, -0.1) is 0 Å². The third kappa shape index (κ3) is 9.21. The van der Waals surface area contributed by atoms with E-state index in [2.05, 4.69) is 10.3 Å². The number of amides is 2. The van der Waals surface area contributed by atoms with Gasteiger partial charge in [-0.1, -0.05) is 12.1 Å². The molecule has 0 radical (unpaired) electrons. The van der Waals surface area contributed by atoms with Gasteiger partial charge in [0.15, 0.2) is 0 Å². The van der Waals surface area contributed by atoms with E-state index in [1.54, 1.807) is 31.4 Å². The first-order valence-electron chi connectivity index (χ1n) is 9.96. The first-order valence-corrected chi connectivity index (χ1v) is 9.96. The van der Waals surface area contributed by atoms with E-state index >= 15 is 0 Å². The Balaban J connectivity index is 1.73. The number of nitrogens with zero attached hydrogens (tertiary/aromatic N) is 2. The molecule has 0 spiro atoms. The van der Waals surface area contributed by atoms with Gasteiger partial charge in [0, 0.05) is 25.0 Å². The number of aromatic nitrogens is 1. The van der Waals surface area contributed by atoms with Crippen molar-refractivity contribution in [2.24, 2.45) is 0 Å². The Morgan fingerprint density at radius 1 is 1.20 bits per heavy atom. The molecule has 2 aromatic rings. The Labute approximate surface area is 177 Å². The molecule has 0 fully saturated rings. The van der Waals surface area contributed by atoms with Crippen LogP contribution >= 0.6 is 0 Å². The predicted octanol–water partition coefficient (Wildman–Crippen LogP) is 2.93. The van der Waals surface area contributed by atoms with Gasteiger partial charge in [0.2, 0.25) is 0 Å². The molecule has 2 N–H and O–H groups in total. The molecule has 0 aliphatic carbocycles. The maximum Gasteiger partial charge on any atom is 0.321 e. The second-order valence-electron chi connectivity index (χ2n) is 7.10. The van der Waals surface area contributed by atoms with Gasteiger partial charge in [-0.25, -0.2) is 4.79 Å². The second-order valence-corrected chi connectivity index (χ2v) is 7.10. The van der Waals surface area contributed by atoms with Crippen LogP contribution in [0.15, 0.2) is 48.7 Å². The molecule has 0 saturated carbocycles. The smallest absolute Gasteiger partial charge is 0.321 e. The van der Waals surface area contributed by atoms with Crippen LogP contribution in [-0.2, 0) is 16.1 Å². The zero-order chi connectivity index (χ0) is 21.8. The van der Waals surface area contributed by atoms with Gasteiger partial charge in [-0.3, -0.25) is 4.98 Å². The summed E-state index contributed by atoms with van der Waals surface area (Å²) in [5, 5.41) is 12.8. The molecule has 164 valence electrons. The molecule has 1 heterocycles. The van der Waals surface area contributed by atoms with Crippen LogP contribution in [0.4, 0.5) is 10.5 Å². The molecule has 1 atom stereocenters. The molecule has 2 rings (SSSR count). The van der Waals surface area contributed by atoms with E-state index in [4.69, 9.17) is 14.2 Å². The molecular formula is C22H31N3O5. The first kappa shape index (κ1) is 23.6. The average molecular weight is 418 g/mol. The van der Waals surface area contributed by atoms with Crippen LogP contribution in [0.5, 0.6) is 5.75 Å². The number of rotatable bonds is 12. The normalized spacial score (nSPS) is 11.9. The Kier molecular flexibility index (Phi) is 10.1. The van der Waals surface area contributed by atoms with Crippen molar-refractivity contribution in [1.29, 1.82) is 0 Å². The van der Waals surface area contributed by atoms with Crippen LogP contribution < -0.4 is 10.1 Å². The summed E-state index contributed by atoms with van der Waals surface area (Å²) in [7, 11) is 1.61. The number of carbonyl (C=O) groups is 1. The summed E-state index contributed by atoms with van der Waals surface area (Å²) in [6.07, 6.45) is 1.07. The van der Waals surface area contributed by atoms with Crippen LogP contribution in [0.1, 0.15) is 19.5 Å². The summed E-state index contributed by atoms with van der Waals surface area (Å²) in [6, 6.07) is 12.4. The summed E-state index contributed by atoms with van der Waals surface area (Å²) in [4.78, 5) is 18.0. The van der Waals surface area contributed by atoms with Gasteiger partial charge < -0.3 is 29.5 Å². The number of benzene rings is 1. The number of hydrogen-bond acceptors (Lipinski definition) is 6. The van der Waals surface area contributed by atoms with E-state index in [9.17, 15) is 9.90 Å². The zero-order valence-corrected chi connectivity index (χ0v) is 17.8. The number of pyridine rings is 1. The van der Waals surface area contributed by atoms with Crippen LogP contribution in [0.25, 0.3) is 0 Å². The molecule has 2 amide bonds. The Hall–Kier alpha value is -2.68. The number of urea groups is 1. The largest absolute Gasteiger partial charge is 0.487 e. The van der Waals surface area contributed by atoms with Gasteiger partial charge in [-0.05, 0) is 38.1 Å². The van der Waals surface area contributed by atoms with Gasteiger partial charge >= 0.3 is 6.03 Å². The van der Waals surface area contributed by atoms with Crippen molar-refractivity contribution in [3.8, 4) is 5.75 Å². The quantitative estimate of drug-likeness (QED) is 0.516. The van der Waals surface area contributed by atoms with E-state index in [0.717, 1.165) is 5.69 Å². The minimum atomic E-state index is -0.784. The van der Waals surface area contributed by atoms with Gasteiger partial charge in [-0.2, -0.15) is 0 Å². The van der Waals surface area contributed by atoms with Gasteiger partial charge in [0.1, 0.15) is 12.4 Å². The predicted molar refractivity (Wildman–Crippen MR) is 115 cm³/mol. The van der Waals surface area contributed by atoms with Crippen LogP contribution in [0.2, 0.25) is 0 Å². The molecule has 30 heavy (non-hydrogen) atoms.